The number of para-hydroxylation sites is 1. The van der Waals surface area contributed by atoms with Gasteiger partial charge in [-0.2, -0.15) is 0 Å². The molecule has 0 spiro atoms. The molecule has 4 rings (SSSR count). The molecule has 2 fully saturated rings. The predicted molar refractivity (Wildman–Crippen MR) is 127 cm³/mol. The van der Waals surface area contributed by atoms with Crippen LogP contribution in [-0.4, -0.2) is 68.0 Å². The number of hydrogen-bond donors (Lipinski definition) is 1. The molecule has 2 aromatic carbocycles. The number of carbonyl (C=O) groups excluding carboxylic acids is 1. The van der Waals surface area contributed by atoms with Crippen LogP contribution in [0.25, 0.3) is 0 Å². The van der Waals surface area contributed by atoms with Crippen molar-refractivity contribution in [1.82, 2.24) is 15.1 Å². The van der Waals surface area contributed by atoms with Crippen LogP contribution in [0, 0.1) is 5.82 Å². The molecule has 0 atom stereocenters. The highest BCUT2D eigenvalue weighted by molar-refractivity contribution is 5.94. The molecule has 7 heteroatoms. The van der Waals surface area contributed by atoms with Crippen LogP contribution in [0.4, 0.5) is 10.1 Å². The van der Waals surface area contributed by atoms with Gasteiger partial charge in [-0.05, 0) is 49.1 Å². The number of piperidine rings is 1. The third-order valence-electron chi connectivity index (χ3n) is 6.28. The van der Waals surface area contributed by atoms with Crippen molar-refractivity contribution in [3.63, 3.8) is 0 Å². The van der Waals surface area contributed by atoms with Gasteiger partial charge in [0.05, 0.1) is 5.69 Å². The molecule has 2 heterocycles. The number of benzene rings is 2. The summed E-state index contributed by atoms with van der Waals surface area (Å²) in [6, 6.07) is 14.8. The predicted octanol–water partition coefficient (Wildman–Crippen LogP) is 3.35. The Morgan fingerprint density at radius 3 is 2.25 bits per heavy atom. The lowest BCUT2D eigenvalue weighted by atomic mass is 10.1. The smallest absolute Gasteiger partial charge is 0.253 e. The van der Waals surface area contributed by atoms with Crippen molar-refractivity contribution in [2.75, 3.05) is 51.2 Å². The van der Waals surface area contributed by atoms with Crippen LogP contribution in [0.2, 0.25) is 0 Å². The maximum atomic E-state index is 14.1. The number of aliphatic imine (C=N–C) groups is 1. The first kappa shape index (κ1) is 22.1. The number of piperazine rings is 1. The molecule has 1 amide bonds. The summed E-state index contributed by atoms with van der Waals surface area (Å²) in [6.07, 6.45) is 3.41. The molecule has 32 heavy (non-hydrogen) atoms. The van der Waals surface area contributed by atoms with Crippen LogP contribution in [0.3, 0.4) is 0 Å². The van der Waals surface area contributed by atoms with Crippen LogP contribution in [-0.2, 0) is 6.54 Å². The highest BCUT2D eigenvalue weighted by Crippen LogP contribution is 2.20. The third kappa shape index (κ3) is 5.21. The summed E-state index contributed by atoms with van der Waals surface area (Å²) in [5.41, 5.74) is 2.52. The number of halogens is 1. The summed E-state index contributed by atoms with van der Waals surface area (Å²) >= 11 is 0. The number of likely N-dealkylation sites (tertiary alicyclic amines) is 1. The lowest BCUT2D eigenvalue weighted by Crippen LogP contribution is -2.52. The zero-order valence-electron chi connectivity index (χ0n) is 18.8. The summed E-state index contributed by atoms with van der Waals surface area (Å²) < 4.78 is 14.1. The SMILES string of the molecule is CN=C(NCc1ccc(C(=O)N2CCCCC2)cc1)N1CCN(c2ccccc2F)CC1. The van der Waals surface area contributed by atoms with E-state index in [1.54, 1.807) is 13.1 Å². The number of carbonyl (C=O) groups is 1. The molecule has 0 saturated carbocycles. The van der Waals surface area contributed by atoms with Crippen molar-refractivity contribution in [1.29, 1.82) is 0 Å². The molecule has 0 aromatic heterocycles. The molecule has 2 aliphatic heterocycles. The molecule has 0 bridgehead atoms. The maximum absolute atomic E-state index is 14.1. The first-order chi connectivity index (χ1) is 15.7. The number of anilines is 1. The number of hydrogen-bond acceptors (Lipinski definition) is 3. The molecule has 0 unspecified atom stereocenters. The van der Waals surface area contributed by atoms with E-state index in [4.69, 9.17) is 0 Å². The monoisotopic (exact) mass is 437 g/mol. The minimum Gasteiger partial charge on any atom is -0.366 e. The highest BCUT2D eigenvalue weighted by Gasteiger charge is 2.21. The average molecular weight is 438 g/mol. The van der Waals surface area contributed by atoms with E-state index in [0.717, 1.165) is 69.2 Å². The molecular weight excluding hydrogens is 405 g/mol. The summed E-state index contributed by atoms with van der Waals surface area (Å²) in [5.74, 6) is 0.796. The van der Waals surface area contributed by atoms with Gasteiger partial charge < -0.3 is 20.0 Å². The number of amides is 1. The fourth-order valence-electron chi connectivity index (χ4n) is 4.43. The van der Waals surface area contributed by atoms with E-state index in [-0.39, 0.29) is 11.7 Å². The van der Waals surface area contributed by atoms with E-state index < -0.39 is 0 Å². The standard InChI is InChI=1S/C25H32FN5O/c1-27-25(31-17-15-29(16-18-31)23-8-4-3-7-22(23)26)28-19-20-9-11-21(12-10-20)24(32)30-13-5-2-6-14-30/h3-4,7-12H,2,5-6,13-19H2,1H3,(H,27,28). The Bertz CT molecular complexity index is 932. The van der Waals surface area contributed by atoms with Gasteiger partial charge in [-0.15, -0.1) is 0 Å². The molecular formula is C25H32FN5O. The van der Waals surface area contributed by atoms with Crippen LogP contribution >= 0.6 is 0 Å². The van der Waals surface area contributed by atoms with Crippen LogP contribution < -0.4 is 10.2 Å². The Labute approximate surface area is 189 Å². The second-order valence-corrected chi connectivity index (χ2v) is 8.38. The number of nitrogens with one attached hydrogen (secondary N) is 1. The van der Waals surface area contributed by atoms with Crippen molar-refractivity contribution in [2.24, 2.45) is 4.99 Å². The lowest BCUT2D eigenvalue weighted by molar-refractivity contribution is 0.0724. The van der Waals surface area contributed by atoms with Gasteiger partial charge in [-0.25, -0.2) is 4.39 Å². The highest BCUT2D eigenvalue weighted by atomic mass is 19.1. The fourth-order valence-corrected chi connectivity index (χ4v) is 4.43. The summed E-state index contributed by atoms with van der Waals surface area (Å²) in [5, 5.41) is 3.42. The van der Waals surface area contributed by atoms with Crippen molar-refractivity contribution >= 4 is 17.6 Å². The normalized spacial score (nSPS) is 17.4. The van der Waals surface area contributed by atoms with Gasteiger partial charge in [0, 0.05) is 58.4 Å². The molecule has 170 valence electrons. The van der Waals surface area contributed by atoms with E-state index in [9.17, 15) is 9.18 Å². The van der Waals surface area contributed by atoms with Crippen molar-refractivity contribution in [3.8, 4) is 0 Å². The Balaban J connectivity index is 1.28. The Morgan fingerprint density at radius 1 is 0.906 bits per heavy atom. The second-order valence-electron chi connectivity index (χ2n) is 8.38. The van der Waals surface area contributed by atoms with Gasteiger partial charge in [0.25, 0.3) is 5.91 Å². The van der Waals surface area contributed by atoms with E-state index in [1.807, 2.05) is 41.3 Å². The summed E-state index contributed by atoms with van der Waals surface area (Å²) in [6.45, 7) is 5.40. The van der Waals surface area contributed by atoms with Gasteiger partial charge in [-0.1, -0.05) is 24.3 Å². The number of rotatable bonds is 4. The molecule has 0 radical (unpaired) electrons. The number of nitrogens with zero attached hydrogens (tertiary/aromatic N) is 4. The zero-order chi connectivity index (χ0) is 22.3. The van der Waals surface area contributed by atoms with Gasteiger partial charge >= 0.3 is 0 Å². The molecule has 0 aliphatic carbocycles. The first-order valence-corrected chi connectivity index (χ1v) is 11.5. The topological polar surface area (TPSA) is 51.2 Å². The molecule has 2 saturated heterocycles. The van der Waals surface area contributed by atoms with Crippen LogP contribution in [0.15, 0.2) is 53.5 Å². The average Bonchev–Trinajstić information content (AvgIpc) is 2.86. The third-order valence-corrected chi connectivity index (χ3v) is 6.28. The summed E-state index contributed by atoms with van der Waals surface area (Å²) in [7, 11) is 1.78. The van der Waals surface area contributed by atoms with E-state index in [1.165, 1.54) is 12.5 Å². The number of guanidine groups is 1. The van der Waals surface area contributed by atoms with Gasteiger partial charge in [0.2, 0.25) is 0 Å². The van der Waals surface area contributed by atoms with Crippen LogP contribution in [0.1, 0.15) is 35.2 Å². The quantitative estimate of drug-likeness (QED) is 0.589. The van der Waals surface area contributed by atoms with Crippen molar-refractivity contribution in [2.45, 2.75) is 25.8 Å². The zero-order valence-corrected chi connectivity index (χ0v) is 18.8. The Hall–Kier alpha value is -3.09. The fraction of sp³-hybridized carbons (Fsp3) is 0.440. The van der Waals surface area contributed by atoms with E-state index >= 15 is 0 Å². The summed E-state index contributed by atoms with van der Waals surface area (Å²) in [4.78, 5) is 23.3. The minimum absolute atomic E-state index is 0.132. The van der Waals surface area contributed by atoms with Crippen molar-refractivity contribution in [3.05, 3.63) is 65.5 Å². The van der Waals surface area contributed by atoms with Gasteiger partial charge in [-0.3, -0.25) is 9.79 Å². The first-order valence-electron chi connectivity index (χ1n) is 11.5. The molecule has 2 aromatic rings. The Kier molecular flexibility index (Phi) is 7.24. The van der Waals surface area contributed by atoms with Gasteiger partial charge in [0.15, 0.2) is 5.96 Å². The Morgan fingerprint density at radius 2 is 1.59 bits per heavy atom. The molecule has 2 aliphatic rings. The lowest BCUT2D eigenvalue weighted by Gasteiger charge is -2.37. The molecule has 6 nitrogen and oxygen atoms in total. The van der Waals surface area contributed by atoms with E-state index in [2.05, 4.69) is 20.1 Å². The maximum Gasteiger partial charge on any atom is 0.253 e. The largest absolute Gasteiger partial charge is 0.366 e. The van der Waals surface area contributed by atoms with E-state index in [0.29, 0.717) is 12.2 Å². The second kappa shape index (κ2) is 10.5. The molecule has 1 N–H and O–H groups in total. The van der Waals surface area contributed by atoms with Crippen molar-refractivity contribution < 1.29 is 9.18 Å². The van der Waals surface area contributed by atoms with Gasteiger partial charge in [0.1, 0.15) is 5.82 Å². The van der Waals surface area contributed by atoms with Crippen LogP contribution in [0.5, 0.6) is 0 Å². The minimum atomic E-state index is -0.175.